The average Bonchev–Trinajstić information content (AvgIpc) is 3.01. The molecule has 6 atom stereocenters. The lowest BCUT2D eigenvalue weighted by Gasteiger charge is -2.45. The van der Waals surface area contributed by atoms with E-state index in [2.05, 4.69) is 10.6 Å². The van der Waals surface area contributed by atoms with E-state index in [1.807, 2.05) is 19.1 Å². The molecule has 34 heavy (non-hydrogen) atoms. The molecule has 0 spiro atoms. The van der Waals surface area contributed by atoms with Gasteiger partial charge >= 0.3 is 5.97 Å². The third kappa shape index (κ3) is 5.83. The number of carbonyl (C=O) groups is 4. The van der Waals surface area contributed by atoms with Gasteiger partial charge in [-0.3, -0.25) is 14.4 Å². The Morgan fingerprint density at radius 3 is 2.62 bits per heavy atom. The maximum atomic E-state index is 13.7. The quantitative estimate of drug-likeness (QED) is 0.191. The number of unbranched alkanes of at least 4 members (excludes halogenated alkanes) is 2. The van der Waals surface area contributed by atoms with E-state index in [0.717, 1.165) is 25.7 Å². The second-order valence-electron chi connectivity index (χ2n) is 9.34. The number of hydrogen-bond donors (Lipinski definition) is 4. The Bertz CT molecular complexity index is 800. The van der Waals surface area contributed by atoms with E-state index >= 15 is 0 Å². The van der Waals surface area contributed by atoms with E-state index < -0.39 is 58.0 Å². The van der Waals surface area contributed by atoms with Gasteiger partial charge in [0.2, 0.25) is 16.9 Å². The minimum Gasteiger partial charge on any atom is -0.467 e. The highest BCUT2D eigenvalue weighted by Crippen LogP contribution is 2.46. The van der Waals surface area contributed by atoms with Gasteiger partial charge in [-0.1, -0.05) is 50.1 Å². The molecule has 2 rings (SSSR count). The Balaban J connectivity index is 2.39. The van der Waals surface area contributed by atoms with E-state index in [-0.39, 0.29) is 5.75 Å². The summed E-state index contributed by atoms with van der Waals surface area (Å²) in [6, 6.07) is -1.09. The zero-order valence-corrected chi connectivity index (χ0v) is 21.3. The highest BCUT2D eigenvalue weighted by molar-refractivity contribution is 8.13. The van der Waals surface area contributed by atoms with Crippen LogP contribution in [0.4, 0.5) is 0 Å². The Labute approximate surface area is 205 Å². The summed E-state index contributed by atoms with van der Waals surface area (Å²) < 4.78 is 4.71. The summed E-state index contributed by atoms with van der Waals surface area (Å²) in [7, 11) is 1.17. The lowest BCUT2D eigenvalue weighted by molar-refractivity contribution is -0.144. The number of rotatable bonds is 11. The molecule has 0 aromatic rings. The van der Waals surface area contributed by atoms with Gasteiger partial charge in [0.1, 0.15) is 11.6 Å². The number of aliphatic hydroxyl groups excluding tert-OH is 1. The summed E-state index contributed by atoms with van der Waals surface area (Å²) in [5.74, 6) is -3.13. The number of thioether (sulfide) groups is 1. The van der Waals surface area contributed by atoms with E-state index in [4.69, 9.17) is 4.74 Å². The Hall–Kier alpha value is -1.91. The molecule has 0 bridgehead atoms. The molecular weight excluding hydrogens is 460 g/mol. The lowest BCUT2D eigenvalue weighted by atomic mass is 9.68. The minimum atomic E-state index is -1.96. The lowest BCUT2D eigenvalue weighted by Crippen LogP contribution is -2.69. The summed E-state index contributed by atoms with van der Waals surface area (Å²) >= 11 is 0.680. The van der Waals surface area contributed by atoms with Crippen molar-refractivity contribution in [3.05, 3.63) is 12.2 Å². The van der Waals surface area contributed by atoms with Gasteiger partial charge in [-0.15, -0.1) is 0 Å². The van der Waals surface area contributed by atoms with Crippen LogP contribution in [0.15, 0.2) is 12.2 Å². The van der Waals surface area contributed by atoms with Crippen molar-refractivity contribution in [3.8, 4) is 0 Å². The highest BCUT2D eigenvalue weighted by atomic mass is 32.2. The molecule has 9 nitrogen and oxygen atoms in total. The fraction of sp³-hybridized carbons (Fsp3) is 0.750. The first kappa shape index (κ1) is 28.3. The molecule has 0 aromatic carbocycles. The smallest absolute Gasteiger partial charge is 0.329 e. The van der Waals surface area contributed by atoms with Gasteiger partial charge in [-0.25, -0.2) is 4.79 Å². The number of allylic oxidation sites excluding steroid dienone is 1. The fourth-order valence-corrected chi connectivity index (χ4v) is 6.10. The van der Waals surface area contributed by atoms with Gasteiger partial charge in [0.25, 0.3) is 0 Å². The molecular formula is C24H38N2O7S. The number of hydrogen-bond acceptors (Lipinski definition) is 8. The van der Waals surface area contributed by atoms with Crippen molar-refractivity contribution >= 4 is 34.7 Å². The first-order valence-electron chi connectivity index (χ1n) is 11.9. The average molecular weight is 499 g/mol. The first-order chi connectivity index (χ1) is 16.0. The summed E-state index contributed by atoms with van der Waals surface area (Å²) in [6.07, 6.45) is 7.58. The number of ether oxygens (including phenoxy) is 1. The van der Waals surface area contributed by atoms with Crippen molar-refractivity contribution in [3.63, 3.8) is 0 Å². The Morgan fingerprint density at radius 1 is 1.35 bits per heavy atom. The third-order valence-electron chi connectivity index (χ3n) is 6.92. The van der Waals surface area contributed by atoms with Crippen LogP contribution in [-0.2, 0) is 23.9 Å². The Morgan fingerprint density at radius 2 is 2.06 bits per heavy atom. The van der Waals surface area contributed by atoms with Gasteiger partial charge in [0.15, 0.2) is 5.54 Å². The molecule has 1 fully saturated rings. The predicted octanol–water partition coefficient (Wildman–Crippen LogP) is 1.46. The molecule has 10 heteroatoms. The zero-order valence-electron chi connectivity index (χ0n) is 20.5. The van der Waals surface area contributed by atoms with Crippen molar-refractivity contribution < 1.29 is 34.1 Å². The van der Waals surface area contributed by atoms with E-state index in [9.17, 15) is 29.4 Å². The molecule has 192 valence electrons. The molecule has 4 N–H and O–H groups in total. The molecule has 2 amide bonds. The second-order valence-corrected chi connectivity index (χ2v) is 10.3. The maximum Gasteiger partial charge on any atom is 0.329 e. The highest BCUT2D eigenvalue weighted by Gasteiger charge is 2.68. The first-order valence-corrected chi connectivity index (χ1v) is 12.9. The van der Waals surface area contributed by atoms with E-state index in [1.54, 1.807) is 0 Å². The van der Waals surface area contributed by atoms with Crippen LogP contribution in [0.2, 0.25) is 0 Å². The maximum absolute atomic E-state index is 13.7. The zero-order chi connectivity index (χ0) is 25.5. The van der Waals surface area contributed by atoms with Crippen molar-refractivity contribution in [2.24, 2.45) is 11.8 Å². The number of methoxy groups -OCH3 is 1. The summed E-state index contributed by atoms with van der Waals surface area (Å²) in [4.78, 5) is 50.4. The molecule has 1 aliphatic carbocycles. The van der Waals surface area contributed by atoms with Crippen LogP contribution in [0.25, 0.3) is 0 Å². The monoisotopic (exact) mass is 498 g/mol. The molecule has 0 unspecified atom stereocenters. The molecule has 2 aliphatic rings. The molecule has 0 saturated carbocycles. The minimum absolute atomic E-state index is 0.174. The van der Waals surface area contributed by atoms with E-state index in [0.29, 0.717) is 31.0 Å². The number of amides is 2. The van der Waals surface area contributed by atoms with Crippen LogP contribution in [0.1, 0.15) is 65.7 Å². The van der Waals surface area contributed by atoms with Crippen LogP contribution >= 0.6 is 11.8 Å². The van der Waals surface area contributed by atoms with Gasteiger partial charge < -0.3 is 25.6 Å². The van der Waals surface area contributed by atoms with Gasteiger partial charge in [0, 0.05) is 18.6 Å². The van der Waals surface area contributed by atoms with Crippen LogP contribution in [0.3, 0.4) is 0 Å². The number of aliphatic hydroxyl groups is 2. The predicted molar refractivity (Wildman–Crippen MR) is 129 cm³/mol. The largest absolute Gasteiger partial charge is 0.467 e. The molecule has 0 aromatic heterocycles. The van der Waals surface area contributed by atoms with Crippen molar-refractivity contribution in [2.75, 3.05) is 12.9 Å². The molecule has 1 saturated heterocycles. The van der Waals surface area contributed by atoms with Crippen LogP contribution in [0, 0.1) is 11.8 Å². The van der Waals surface area contributed by atoms with Crippen LogP contribution in [0.5, 0.6) is 0 Å². The number of carbonyl (C=O) groups excluding carboxylic acids is 4. The normalized spacial score (nSPS) is 30.4. The van der Waals surface area contributed by atoms with Gasteiger partial charge in [-0.05, 0) is 32.6 Å². The van der Waals surface area contributed by atoms with Crippen molar-refractivity contribution in [1.82, 2.24) is 10.6 Å². The van der Waals surface area contributed by atoms with Crippen molar-refractivity contribution in [2.45, 2.75) is 89.0 Å². The Kier molecular flexibility index (Phi) is 10.1. The summed E-state index contributed by atoms with van der Waals surface area (Å²) in [6.45, 7) is 4.70. The van der Waals surface area contributed by atoms with Gasteiger partial charge in [-0.2, -0.15) is 0 Å². The molecule has 1 heterocycles. The molecule has 1 aliphatic heterocycles. The standard InChI is InChI=1S/C24H38N2O7S/c1-5-6-8-13-17-20(29)26-24(23(17,3)32,19(28)16-11-9-7-10-12-16)22(31)34-14-18(21(30)33-4)25-15(2)27/h9,11,16-19,28,32H,5-8,10,12-14H2,1-4H3,(H,25,27)(H,26,29)/t16-,17+,18+,19+,23+,24+/m1/s1. The summed E-state index contributed by atoms with van der Waals surface area (Å²) in [5.41, 5.74) is -3.82. The third-order valence-corrected chi connectivity index (χ3v) is 8.00. The fourth-order valence-electron chi connectivity index (χ4n) is 4.95. The van der Waals surface area contributed by atoms with E-state index in [1.165, 1.54) is 21.0 Å². The van der Waals surface area contributed by atoms with Gasteiger partial charge in [0.05, 0.1) is 19.1 Å². The van der Waals surface area contributed by atoms with Crippen LogP contribution in [-0.4, -0.2) is 69.3 Å². The van der Waals surface area contributed by atoms with Crippen LogP contribution < -0.4 is 10.6 Å². The number of esters is 1. The second kappa shape index (κ2) is 12.2. The summed E-state index contributed by atoms with van der Waals surface area (Å²) in [5, 5.41) is 27.7. The number of nitrogens with one attached hydrogen (secondary N) is 2. The topological polar surface area (TPSA) is 142 Å². The SMILES string of the molecule is CCCCC[C@H]1C(=O)N[C@](C(=O)SC[C@H](NC(C)=O)C(=O)OC)([C@@H](O)[C@@H]2C=CCCC2)[C@@]1(C)O. The molecule has 0 radical (unpaired) electrons. The van der Waals surface area contributed by atoms with Crippen molar-refractivity contribution in [1.29, 1.82) is 0 Å².